The van der Waals surface area contributed by atoms with Gasteiger partial charge in [0.05, 0.1) is 0 Å². The highest BCUT2D eigenvalue weighted by molar-refractivity contribution is 6.35. The van der Waals surface area contributed by atoms with E-state index in [2.05, 4.69) is 5.32 Å². The van der Waals surface area contributed by atoms with E-state index in [9.17, 15) is 9.59 Å². The van der Waals surface area contributed by atoms with E-state index in [0.717, 1.165) is 11.1 Å². The predicted octanol–water partition coefficient (Wildman–Crippen LogP) is 4.54. The molecular formula is C22H26Cl2N2O3. The number of nitrogens with one attached hydrogen (secondary N) is 1. The van der Waals surface area contributed by atoms with E-state index in [-0.39, 0.29) is 25.0 Å². The molecule has 156 valence electrons. The smallest absolute Gasteiger partial charge is 0.261 e. The van der Waals surface area contributed by atoms with Gasteiger partial charge in [0.2, 0.25) is 5.91 Å². The van der Waals surface area contributed by atoms with Crippen molar-refractivity contribution in [2.45, 2.75) is 39.8 Å². The number of hydrogen-bond donors (Lipinski definition) is 1. The van der Waals surface area contributed by atoms with E-state index in [4.69, 9.17) is 27.9 Å². The minimum absolute atomic E-state index is 0.178. The fraction of sp³-hybridized carbons (Fsp3) is 0.364. The molecule has 5 nitrogen and oxygen atoms in total. The Morgan fingerprint density at radius 1 is 1.14 bits per heavy atom. The summed E-state index contributed by atoms with van der Waals surface area (Å²) in [5, 5.41) is 3.57. The molecule has 1 N–H and O–H groups in total. The van der Waals surface area contributed by atoms with Gasteiger partial charge in [-0.15, -0.1) is 0 Å². The first-order valence-corrected chi connectivity index (χ1v) is 10.2. The topological polar surface area (TPSA) is 58.6 Å². The lowest BCUT2D eigenvalue weighted by Crippen LogP contribution is -2.49. The second-order valence-corrected chi connectivity index (χ2v) is 7.70. The van der Waals surface area contributed by atoms with E-state index >= 15 is 0 Å². The summed E-state index contributed by atoms with van der Waals surface area (Å²) < 4.78 is 5.78. The van der Waals surface area contributed by atoms with E-state index < -0.39 is 6.04 Å². The van der Waals surface area contributed by atoms with Crippen LogP contribution in [0.4, 0.5) is 0 Å². The molecule has 1 atom stereocenters. The van der Waals surface area contributed by atoms with Crippen LogP contribution in [0.15, 0.2) is 36.4 Å². The third-order valence-corrected chi connectivity index (χ3v) is 5.27. The number of hydrogen-bond acceptors (Lipinski definition) is 3. The van der Waals surface area contributed by atoms with Crippen LogP contribution >= 0.6 is 23.2 Å². The maximum absolute atomic E-state index is 13.1. The van der Waals surface area contributed by atoms with Gasteiger partial charge >= 0.3 is 0 Å². The van der Waals surface area contributed by atoms with Crippen LogP contribution in [0.1, 0.15) is 30.0 Å². The second-order valence-electron chi connectivity index (χ2n) is 6.85. The lowest BCUT2D eigenvalue weighted by Gasteiger charge is -2.30. The van der Waals surface area contributed by atoms with E-state index in [1.807, 2.05) is 39.0 Å². The first kappa shape index (κ1) is 23.0. The average Bonchev–Trinajstić information content (AvgIpc) is 2.69. The molecular weight excluding hydrogens is 411 g/mol. The van der Waals surface area contributed by atoms with Crippen molar-refractivity contribution in [2.75, 3.05) is 13.7 Å². The normalized spacial score (nSPS) is 11.7. The Kier molecular flexibility index (Phi) is 8.35. The monoisotopic (exact) mass is 436 g/mol. The zero-order chi connectivity index (χ0) is 21.6. The Bertz CT molecular complexity index is 886. The largest absolute Gasteiger partial charge is 0.483 e. The van der Waals surface area contributed by atoms with Gasteiger partial charge in [0.1, 0.15) is 11.8 Å². The molecule has 0 fully saturated rings. The number of carbonyl (C=O) groups excluding carboxylic acids is 2. The Morgan fingerprint density at radius 2 is 1.86 bits per heavy atom. The van der Waals surface area contributed by atoms with Crippen LogP contribution in [0.25, 0.3) is 0 Å². The van der Waals surface area contributed by atoms with Gasteiger partial charge in [-0.05, 0) is 55.2 Å². The third kappa shape index (κ3) is 6.12. The van der Waals surface area contributed by atoms with Crippen molar-refractivity contribution in [1.82, 2.24) is 10.2 Å². The Labute approximate surface area is 181 Å². The molecule has 0 saturated heterocycles. The molecule has 2 amide bonds. The van der Waals surface area contributed by atoms with Gasteiger partial charge in [-0.3, -0.25) is 9.59 Å². The molecule has 29 heavy (non-hydrogen) atoms. The molecule has 0 aliphatic heterocycles. The first-order chi connectivity index (χ1) is 13.8. The number of halogens is 2. The summed E-state index contributed by atoms with van der Waals surface area (Å²) >= 11 is 12.3. The molecule has 0 spiro atoms. The van der Waals surface area contributed by atoms with E-state index in [1.165, 1.54) is 4.90 Å². The lowest BCUT2D eigenvalue weighted by atomic mass is 10.1. The van der Waals surface area contributed by atoms with Gasteiger partial charge < -0.3 is 15.0 Å². The zero-order valence-electron chi connectivity index (χ0n) is 17.1. The van der Waals surface area contributed by atoms with Crippen LogP contribution in [0, 0.1) is 13.8 Å². The predicted molar refractivity (Wildman–Crippen MR) is 117 cm³/mol. The molecule has 0 heterocycles. The number of likely N-dealkylation sites (N-methyl/N-ethyl adjacent to an activating group) is 1. The van der Waals surface area contributed by atoms with Crippen molar-refractivity contribution in [3.8, 4) is 5.75 Å². The van der Waals surface area contributed by atoms with Crippen molar-refractivity contribution in [2.24, 2.45) is 0 Å². The fourth-order valence-corrected chi connectivity index (χ4v) is 3.47. The van der Waals surface area contributed by atoms with Crippen molar-refractivity contribution in [3.63, 3.8) is 0 Å². The summed E-state index contributed by atoms with van der Waals surface area (Å²) in [6.07, 6.45) is 0.458. The van der Waals surface area contributed by atoms with E-state index in [0.29, 0.717) is 27.8 Å². The first-order valence-electron chi connectivity index (χ1n) is 9.41. The summed E-state index contributed by atoms with van der Waals surface area (Å²) in [5.74, 6) is 0.112. The highest BCUT2D eigenvalue weighted by Crippen LogP contribution is 2.24. The SMILES string of the molecule is CCC(C(=O)NC)N(Cc1ccc(Cl)cc1Cl)C(=O)COc1cc(C)ccc1C. The second kappa shape index (κ2) is 10.5. The Morgan fingerprint density at radius 3 is 2.48 bits per heavy atom. The number of carbonyl (C=O) groups is 2. The van der Waals surface area contributed by atoms with Gasteiger partial charge in [-0.2, -0.15) is 0 Å². The summed E-state index contributed by atoms with van der Waals surface area (Å²) in [5.41, 5.74) is 2.69. The van der Waals surface area contributed by atoms with Crippen LogP contribution in [-0.4, -0.2) is 36.4 Å². The Balaban J connectivity index is 2.26. The van der Waals surface area contributed by atoms with Gasteiger partial charge in [0.25, 0.3) is 5.91 Å². The maximum Gasteiger partial charge on any atom is 0.261 e. The number of rotatable bonds is 8. The fourth-order valence-electron chi connectivity index (χ4n) is 3.00. The molecule has 0 aromatic heterocycles. The van der Waals surface area contributed by atoms with Gasteiger partial charge in [0, 0.05) is 23.6 Å². The van der Waals surface area contributed by atoms with Crippen LogP contribution in [0.3, 0.4) is 0 Å². The quantitative estimate of drug-likeness (QED) is 0.660. The standard InChI is InChI=1S/C22H26Cl2N2O3/c1-5-19(22(28)25-4)26(12-16-8-9-17(23)11-18(16)24)21(27)13-29-20-10-14(2)6-7-15(20)3/h6-11,19H,5,12-13H2,1-4H3,(H,25,28). The minimum atomic E-state index is -0.638. The Hall–Kier alpha value is -2.24. The number of benzene rings is 2. The summed E-state index contributed by atoms with van der Waals surface area (Å²) in [6, 6.07) is 10.3. The molecule has 2 aromatic carbocycles. The number of ether oxygens (including phenoxy) is 1. The highest BCUT2D eigenvalue weighted by atomic mass is 35.5. The van der Waals surface area contributed by atoms with Crippen LogP contribution < -0.4 is 10.1 Å². The number of aryl methyl sites for hydroxylation is 2. The van der Waals surface area contributed by atoms with Crippen molar-refractivity contribution in [1.29, 1.82) is 0 Å². The van der Waals surface area contributed by atoms with Crippen LogP contribution in [0.2, 0.25) is 10.0 Å². The zero-order valence-corrected chi connectivity index (χ0v) is 18.6. The van der Waals surface area contributed by atoms with Crippen molar-refractivity contribution >= 4 is 35.0 Å². The van der Waals surface area contributed by atoms with E-state index in [1.54, 1.807) is 25.2 Å². The summed E-state index contributed by atoms with van der Waals surface area (Å²) in [4.78, 5) is 27.0. The van der Waals surface area contributed by atoms with Crippen molar-refractivity contribution < 1.29 is 14.3 Å². The molecule has 0 saturated carbocycles. The maximum atomic E-state index is 13.1. The van der Waals surface area contributed by atoms with Crippen LogP contribution in [0.5, 0.6) is 5.75 Å². The molecule has 0 aliphatic rings. The molecule has 7 heteroatoms. The molecule has 0 bridgehead atoms. The highest BCUT2D eigenvalue weighted by Gasteiger charge is 2.29. The van der Waals surface area contributed by atoms with Gasteiger partial charge in [-0.25, -0.2) is 0 Å². The summed E-state index contributed by atoms with van der Waals surface area (Å²) in [6.45, 7) is 5.74. The molecule has 2 aromatic rings. The molecule has 0 aliphatic carbocycles. The number of amides is 2. The molecule has 2 rings (SSSR count). The van der Waals surface area contributed by atoms with Gasteiger partial charge in [-0.1, -0.05) is 48.3 Å². The summed E-state index contributed by atoms with van der Waals surface area (Å²) in [7, 11) is 1.55. The number of nitrogens with zero attached hydrogens (tertiary/aromatic N) is 1. The molecule has 0 radical (unpaired) electrons. The van der Waals surface area contributed by atoms with Gasteiger partial charge in [0.15, 0.2) is 6.61 Å². The lowest BCUT2D eigenvalue weighted by molar-refractivity contribution is -0.142. The average molecular weight is 437 g/mol. The van der Waals surface area contributed by atoms with Crippen molar-refractivity contribution in [3.05, 3.63) is 63.1 Å². The third-order valence-electron chi connectivity index (χ3n) is 4.68. The minimum Gasteiger partial charge on any atom is -0.483 e. The molecule has 1 unspecified atom stereocenters. The van der Waals surface area contributed by atoms with Crippen LogP contribution in [-0.2, 0) is 16.1 Å².